The molecule has 1 saturated heterocycles. The summed E-state index contributed by atoms with van der Waals surface area (Å²) >= 11 is 0. The number of nitrogens with zero attached hydrogens (tertiary/aromatic N) is 4. The maximum absolute atomic E-state index is 12.5. The molecular weight excluding hydrogens is 432 g/mol. The number of methoxy groups -OCH3 is 1. The topological polar surface area (TPSA) is 103 Å². The van der Waals surface area contributed by atoms with Crippen molar-refractivity contribution < 1.29 is 14.6 Å². The van der Waals surface area contributed by atoms with Crippen LogP contribution in [0.5, 0.6) is 11.5 Å². The van der Waals surface area contributed by atoms with E-state index in [0.29, 0.717) is 17.3 Å². The van der Waals surface area contributed by atoms with Gasteiger partial charge in [0.05, 0.1) is 25.2 Å². The molecule has 178 valence electrons. The van der Waals surface area contributed by atoms with E-state index in [2.05, 4.69) is 32.5 Å². The molecule has 4 rings (SSSR count). The highest BCUT2D eigenvalue weighted by Crippen LogP contribution is 2.31. The van der Waals surface area contributed by atoms with Gasteiger partial charge in [0.1, 0.15) is 5.82 Å². The molecule has 1 aromatic heterocycles. The van der Waals surface area contributed by atoms with Gasteiger partial charge in [-0.1, -0.05) is 12.1 Å². The van der Waals surface area contributed by atoms with Gasteiger partial charge in [-0.2, -0.15) is 0 Å². The predicted octanol–water partition coefficient (Wildman–Crippen LogP) is 3.81. The van der Waals surface area contributed by atoms with E-state index in [1.165, 1.54) is 7.11 Å². The van der Waals surface area contributed by atoms with Gasteiger partial charge < -0.3 is 30.3 Å². The first-order valence-corrected chi connectivity index (χ1v) is 11.2. The van der Waals surface area contributed by atoms with Gasteiger partial charge in [-0.3, -0.25) is 4.98 Å². The van der Waals surface area contributed by atoms with Gasteiger partial charge in [-0.05, 0) is 49.9 Å². The van der Waals surface area contributed by atoms with Crippen molar-refractivity contribution >= 4 is 17.5 Å². The Kier molecular flexibility index (Phi) is 7.12. The van der Waals surface area contributed by atoms with E-state index >= 15 is 0 Å². The standard InChI is InChI=1S/C25H30N6O3/c1-17(18-4-7-20(8-5-18)28-25(33)31-12-10-30(2)11-13-31)27-24-16-26-15-21(29-24)19-6-9-22(32)23(14-19)34-3/h4-9,14-17,32H,10-13H2,1-3H3,(H,27,29)(H,28,33). The van der Waals surface area contributed by atoms with Crippen LogP contribution < -0.4 is 15.4 Å². The van der Waals surface area contributed by atoms with Crippen LogP contribution in [0.3, 0.4) is 0 Å². The van der Waals surface area contributed by atoms with Gasteiger partial charge in [0.15, 0.2) is 11.5 Å². The number of amides is 2. The summed E-state index contributed by atoms with van der Waals surface area (Å²) in [5, 5.41) is 16.2. The van der Waals surface area contributed by atoms with Crippen molar-refractivity contribution in [2.45, 2.75) is 13.0 Å². The lowest BCUT2D eigenvalue weighted by Crippen LogP contribution is -2.48. The number of benzene rings is 2. The number of rotatable bonds is 6. The molecule has 2 heterocycles. The number of nitrogens with one attached hydrogen (secondary N) is 2. The summed E-state index contributed by atoms with van der Waals surface area (Å²) < 4.78 is 5.19. The summed E-state index contributed by atoms with van der Waals surface area (Å²) in [5.41, 5.74) is 3.27. The molecule has 1 fully saturated rings. The van der Waals surface area contributed by atoms with Gasteiger partial charge in [0, 0.05) is 43.5 Å². The summed E-state index contributed by atoms with van der Waals surface area (Å²) in [7, 11) is 3.57. The first-order valence-electron chi connectivity index (χ1n) is 11.2. The molecule has 3 N–H and O–H groups in total. The van der Waals surface area contributed by atoms with E-state index in [1.807, 2.05) is 36.1 Å². The molecule has 1 atom stereocenters. The number of aromatic hydroxyl groups is 1. The Hall–Kier alpha value is -3.85. The van der Waals surface area contributed by atoms with Crippen molar-refractivity contribution in [2.24, 2.45) is 0 Å². The minimum atomic E-state index is -0.0648. The number of carbonyl (C=O) groups excluding carboxylic acids is 1. The van der Waals surface area contributed by atoms with Crippen molar-refractivity contribution in [2.75, 3.05) is 51.0 Å². The van der Waals surface area contributed by atoms with Gasteiger partial charge in [-0.25, -0.2) is 9.78 Å². The Morgan fingerprint density at radius 3 is 2.53 bits per heavy atom. The molecule has 0 bridgehead atoms. The lowest BCUT2D eigenvalue weighted by Gasteiger charge is -2.32. The molecule has 0 spiro atoms. The van der Waals surface area contributed by atoms with Crippen LogP contribution in [0.4, 0.5) is 16.3 Å². The third-order valence-corrected chi connectivity index (χ3v) is 5.93. The number of phenolic OH excluding ortho intramolecular Hbond substituents is 1. The number of phenols is 1. The number of carbonyl (C=O) groups is 1. The van der Waals surface area contributed by atoms with Gasteiger partial charge >= 0.3 is 6.03 Å². The summed E-state index contributed by atoms with van der Waals surface area (Å²) in [4.78, 5) is 25.5. The molecule has 0 radical (unpaired) electrons. The molecule has 0 saturated carbocycles. The van der Waals surface area contributed by atoms with Crippen molar-refractivity contribution in [3.63, 3.8) is 0 Å². The molecule has 2 aromatic carbocycles. The third kappa shape index (κ3) is 5.55. The van der Waals surface area contributed by atoms with Crippen LogP contribution in [0.15, 0.2) is 54.9 Å². The molecule has 1 aliphatic heterocycles. The highest BCUT2D eigenvalue weighted by molar-refractivity contribution is 5.89. The first kappa shape index (κ1) is 23.3. The molecule has 0 aliphatic carbocycles. The van der Waals surface area contributed by atoms with Crippen molar-refractivity contribution in [1.82, 2.24) is 19.8 Å². The number of hydrogen-bond acceptors (Lipinski definition) is 7. The van der Waals surface area contributed by atoms with Crippen molar-refractivity contribution in [3.8, 4) is 22.8 Å². The van der Waals surface area contributed by atoms with Crippen molar-refractivity contribution in [3.05, 3.63) is 60.4 Å². The average Bonchev–Trinajstić information content (AvgIpc) is 2.85. The van der Waals surface area contributed by atoms with E-state index in [1.54, 1.807) is 30.6 Å². The fraction of sp³-hybridized carbons (Fsp3) is 0.320. The Morgan fingerprint density at radius 2 is 1.82 bits per heavy atom. The number of likely N-dealkylation sites (N-methyl/N-ethyl adjacent to an activating group) is 1. The molecule has 2 amide bonds. The zero-order valence-corrected chi connectivity index (χ0v) is 19.7. The number of hydrogen-bond donors (Lipinski definition) is 3. The number of ether oxygens (including phenoxy) is 1. The zero-order chi connectivity index (χ0) is 24.1. The highest BCUT2D eigenvalue weighted by atomic mass is 16.5. The first-order chi connectivity index (χ1) is 16.4. The maximum atomic E-state index is 12.5. The largest absolute Gasteiger partial charge is 0.504 e. The Morgan fingerprint density at radius 1 is 1.09 bits per heavy atom. The van der Waals surface area contributed by atoms with E-state index in [-0.39, 0.29) is 17.8 Å². The fourth-order valence-electron chi connectivity index (χ4n) is 3.78. The van der Waals surface area contributed by atoms with Crippen LogP contribution in [0, 0.1) is 0 Å². The second kappa shape index (κ2) is 10.4. The van der Waals surface area contributed by atoms with Crippen LogP contribution in [-0.2, 0) is 0 Å². The second-order valence-electron chi connectivity index (χ2n) is 8.38. The highest BCUT2D eigenvalue weighted by Gasteiger charge is 2.19. The third-order valence-electron chi connectivity index (χ3n) is 5.93. The van der Waals surface area contributed by atoms with Gasteiger partial charge in [0.25, 0.3) is 0 Å². The summed E-state index contributed by atoms with van der Waals surface area (Å²) in [5.74, 6) is 1.08. The van der Waals surface area contributed by atoms with E-state index in [0.717, 1.165) is 43.0 Å². The summed E-state index contributed by atoms with van der Waals surface area (Å²) in [6, 6.07) is 12.8. The lowest BCUT2D eigenvalue weighted by molar-refractivity contribution is 0.164. The van der Waals surface area contributed by atoms with Crippen LogP contribution in [0.1, 0.15) is 18.5 Å². The molecule has 3 aromatic rings. The van der Waals surface area contributed by atoms with Gasteiger partial charge in [0.2, 0.25) is 0 Å². The predicted molar refractivity (Wildman–Crippen MR) is 132 cm³/mol. The van der Waals surface area contributed by atoms with E-state index in [9.17, 15) is 9.90 Å². The minimum absolute atomic E-state index is 0.0266. The van der Waals surface area contributed by atoms with Crippen LogP contribution in [0.2, 0.25) is 0 Å². The zero-order valence-electron chi connectivity index (χ0n) is 19.7. The van der Waals surface area contributed by atoms with E-state index < -0.39 is 0 Å². The van der Waals surface area contributed by atoms with Gasteiger partial charge in [-0.15, -0.1) is 0 Å². The summed E-state index contributed by atoms with van der Waals surface area (Å²) in [6.07, 6.45) is 3.34. The Bertz CT molecular complexity index is 1130. The van der Waals surface area contributed by atoms with Crippen LogP contribution >= 0.6 is 0 Å². The van der Waals surface area contributed by atoms with Crippen LogP contribution in [0.25, 0.3) is 11.3 Å². The Balaban J connectivity index is 1.39. The van der Waals surface area contributed by atoms with E-state index in [4.69, 9.17) is 4.74 Å². The number of urea groups is 1. The molecular formula is C25H30N6O3. The molecule has 34 heavy (non-hydrogen) atoms. The Labute approximate surface area is 199 Å². The molecule has 1 aliphatic rings. The average molecular weight is 463 g/mol. The number of anilines is 2. The maximum Gasteiger partial charge on any atom is 0.321 e. The smallest absolute Gasteiger partial charge is 0.321 e. The quantitative estimate of drug-likeness (QED) is 0.512. The summed E-state index contributed by atoms with van der Waals surface area (Å²) in [6.45, 7) is 5.28. The van der Waals surface area contributed by atoms with Crippen LogP contribution in [-0.4, -0.2) is 71.2 Å². The normalized spacial score (nSPS) is 15.0. The SMILES string of the molecule is COc1cc(-c2cncc(NC(C)c3ccc(NC(=O)N4CCN(C)CC4)cc3)n2)ccc1O. The monoisotopic (exact) mass is 462 g/mol. The lowest BCUT2D eigenvalue weighted by atomic mass is 10.1. The van der Waals surface area contributed by atoms with Crippen molar-refractivity contribution in [1.29, 1.82) is 0 Å². The fourth-order valence-corrected chi connectivity index (χ4v) is 3.78. The number of piperazine rings is 1. The molecule has 9 heteroatoms. The number of aromatic nitrogens is 2. The second-order valence-corrected chi connectivity index (χ2v) is 8.38. The molecule has 1 unspecified atom stereocenters. The molecule has 9 nitrogen and oxygen atoms in total. The minimum Gasteiger partial charge on any atom is -0.504 e.